The van der Waals surface area contributed by atoms with E-state index in [1.807, 2.05) is 0 Å². The Kier molecular flexibility index (Phi) is 8.54. The molecule has 0 aliphatic rings. The van der Waals surface area contributed by atoms with Gasteiger partial charge in [0.2, 0.25) is 11.8 Å². The fourth-order valence-corrected chi connectivity index (χ4v) is 3.50. The summed E-state index contributed by atoms with van der Waals surface area (Å²) in [6, 6.07) is 7.75. The topological polar surface area (TPSA) is 126 Å². The lowest BCUT2D eigenvalue weighted by molar-refractivity contribution is 0.0802. The Morgan fingerprint density at radius 2 is 2.00 bits per heavy atom. The fraction of sp³-hybridized carbons (Fsp3) is 0.261. The molecule has 4 N–H and O–H groups in total. The molecule has 2 aromatic carbocycles. The zero-order valence-corrected chi connectivity index (χ0v) is 20.4. The number of ether oxygens (including phenoxy) is 1. The molecule has 0 bridgehead atoms. The first-order valence-corrected chi connectivity index (χ1v) is 11.2. The number of aliphatic hydroxyl groups excluding tert-OH is 2. The van der Waals surface area contributed by atoms with Crippen LogP contribution in [0.2, 0.25) is 0 Å². The predicted molar refractivity (Wildman–Crippen MR) is 128 cm³/mol. The lowest BCUT2D eigenvalue weighted by Gasteiger charge is -2.17. The minimum atomic E-state index is -1.10. The van der Waals surface area contributed by atoms with Crippen LogP contribution < -0.4 is 20.9 Å². The molecule has 1 unspecified atom stereocenters. The first-order valence-electron chi connectivity index (χ1n) is 10.4. The van der Waals surface area contributed by atoms with Gasteiger partial charge in [-0.05, 0) is 52.7 Å². The van der Waals surface area contributed by atoms with Crippen molar-refractivity contribution < 1.29 is 28.5 Å². The molecule has 3 aromatic rings. The van der Waals surface area contributed by atoms with Gasteiger partial charge in [0.25, 0.3) is 11.5 Å². The van der Waals surface area contributed by atoms with Crippen LogP contribution in [0.15, 0.2) is 45.7 Å². The molecule has 186 valence electrons. The van der Waals surface area contributed by atoms with Crippen molar-refractivity contribution in [3.05, 3.63) is 79.5 Å². The highest BCUT2D eigenvalue weighted by atomic mass is 79.9. The third kappa shape index (κ3) is 6.02. The van der Waals surface area contributed by atoms with Crippen LogP contribution in [0.4, 0.5) is 14.7 Å². The lowest BCUT2D eigenvalue weighted by atomic mass is 10.1. The second kappa shape index (κ2) is 11.4. The standard InChI is InChI=1S/C23H23BrF2N4O5/c1-12-3-4-13(20(33)28-9-16(32)10-31)7-18(12)30-22(34)19(24)21(29-23(30)27-2)35-11-14-5-6-15(25)8-17(14)26/h3-8,16,31-32H,9-11H2,1-2H3,(H,27,29)(H,28,33). The Morgan fingerprint density at radius 1 is 1.26 bits per heavy atom. The van der Waals surface area contributed by atoms with Crippen LogP contribution in [0.25, 0.3) is 5.69 Å². The summed E-state index contributed by atoms with van der Waals surface area (Å²) in [6.45, 7) is 0.809. The second-order valence-electron chi connectivity index (χ2n) is 7.52. The van der Waals surface area contributed by atoms with E-state index in [4.69, 9.17) is 9.84 Å². The van der Waals surface area contributed by atoms with Crippen molar-refractivity contribution >= 4 is 27.8 Å². The number of halogens is 3. The molecule has 9 nitrogen and oxygen atoms in total. The lowest BCUT2D eigenvalue weighted by Crippen LogP contribution is -2.34. The summed E-state index contributed by atoms with van der Waals surface area (Å²) in [6.07, 6.45) is -1.10. The predicted octanol–water partition coefficient (Wildman–Crippen LogP) is 2.29. The van der Waals surface area contributed by atoms with Gasteiger partial charge >= 0.3 is 0 Å². The molecule has 3 rings (SSSR count). The summed E-state index contributed by atoms with van der Waals surface area (Å²) in [5.41, 5.74) is 0.754. The summed E-state index contributed by atoms with van der Waals surface area (Å²) in [5, 5.41) is 23.7. The van der Waals surface area contributed by atoms with Crippen LogP contribution in [0.5, 0.6) is 5.88 Å². The third-order valence-electron chi connectivity index (χ3n) is 5.02. The van der Waals surface area contributed by atoms with E-state index in [-0.39, 0.29) is 40.6 Å². The molecular formula is C23H23BrF2N4O5. The number of aliphatic hydroxyl groups is 2. The van der Waals surface area contributed by atoms with Crippen LogP contribution in [0.3, 0.4) is 0 Å². The monoisotopic (exact) mass is 552 g/mol. The van der Waals surface area contributed by atoms with Gasteiger partial charge in [0.15, 0.2) is 0 Å². The molecular weight excluding hydrogens is 530 g/mol. The van der Waals surface area contributed by atoms with Gasteiger partial charge in [0.1, 0.15) is 22.7 Å². The number of nitrogens with one attached hydrogen (secondary N) is 2. The van der Waals surface area contributed by atoms with Gasteiger partial charge in [-0.2, -0.15) is 4.98 Å². The van der Waals surface area contributed by atoms with E-state index in [9.17, 15) is 23.5 Å². The Bertz CT molecular complexity index is 1300. The fourth-order valence-electron chi connectivity index (χ4n) is 3.12. The number of rotatable bonds is 9. The molecule has 0 radical (unpaired) electrons. The van der Waals surface area contributed by atoms with Crippen molar-refractivity contribution in [2.45, 2.75) is 19.6 Å². The van der Waals surface area contributed by atoms with Crippen LogP contribution in [0, 0.1) is 18.6 Å². The van der Waals surface area contributed by atoms with E-state index in [1.165, 1.54) is 23.7 Å². The highest BCUT2D eigenvalue weighted by Gasteiger charge is 2.20. The zero-order valence-electron chi connectivity index (χ0n) is 18.8. The molecule has 12 heteroatoms. The number of anilines is 1. The number of amides is 1. The SMILES string of the molecule is CNc1nc(OCc2ccc(F)cc2F)c(Br)c(=O)n1-c1cc(C(=O)NCC(O)CO)ccc1C. The van der Waals surface area contributed by atoms with E-state index in [2.05, 4.69) is 31.5 Å². The second-order valence-corrected chi connectivity index (χ2v) is 8.31. The summed E-state index contributed by atoms with van der Waals surface area (Å²) in [7, 11) is 1.54. The number of aryl methyl sites for hydroxylation is 1. The van der Waals surface area contributed by atoms with E-state index in [1.54, 1.807) is 19.1 Å². The molecule has 0 saturated carbocycles. The van der Waals surface area contributed by atoms with E-state index in [0.717, 1.165) is 12.1 Å². The van der Waals surface area contributed by atoms with Gasteiger partial charge < -0.3 is 25.6 Å². The molecule has 0 saturated heterocycles. The van der Waals surface area contributed by atoms with Crippen LogP contribution in [-0.2, 0) is 6.61 Å². The molecule has 0 spiro atoms. The van der Waals surface area contributed by atoms with Crippen molar-refractivity contribution in [3.8, 4) is 11.6 Å². The minimum absolute atomic E-state index is 0.0423. The zero-order chi connectivity index (χ0) is 25.7. The number of carbonyl (C=O) groups is 1. The van der Waals surface area contributed by atoms with Gasteiger partial charge in [-0.1, -0.05) is 6.07 Å². The Hall–Kier alpha value is -3.35. The summed E-state index contributed by atoms with van der Waals surface area (Å²) >= 11 is 3.18. The molecule has 0 fully saturated rings. The first-order chi connectivity index (χ1) is 16.7. The number of nitrogens with zero attached hydrogens (tertiary/aromatic N) is 2. The third-order valence-corrected chi connectivity index (χ3v) is 5.70. The number of hydrogen-bond donors (Lipinski definition) is 4. The molecule has 0 aliphatic heterocycles. The molecule has 1 aromatic heterocycles. The van der Waals surface area contributed by atoms with Crippen molar-refractivity contribution in [1.82, 2.24) is 14.9 Å². The molecule has 0 aliphatic carbocycles. The number of benzene rings is 2. The quantitative estimate of drug-likeness (QED) is 0.321. The normalized spacial score (nSPS) is 11.7. The van der Waals surface area contributed by atoms with Crippen LogP contribution in [-0.4, -0.2) is 52.0 Å². The van der Waals surface area contributed by atoms with Crippen molar-refractivity contribution in [2.24, 2.45) is 0 Å². The van der Waals surface area contributed by atoms with Crippen LogP contribution in [0.1, 0.15) is 21.5 Å². The molecule has 1 atom stereocenters. The van der Waals surface area contributed by atoms with Crippen molar-refractivity contribution in [3.63, 3.8) is 0 Å². The van der Waals surface area contributed by atoms with Gasteiger partial charge in [-0.15, -0.1) is 0 Å². The smallest absolute Gasteiger partial charge is 0.277 e. The number of hydrogen-bond acceptors (Lipinski definition) is 7. The van der Waals surface area contributed by atoms with Crippen molar-refractivity contribution in [2.75, 3.05) is 25.5 Å². The summed E-state index contributed by atoms with van der Waals surface area (Å²) in [4.78, 5) is 30.0. The average Bonchev–Trinajstić information content (AvgIpc) is 2.84. The number of carbonyl (C=O) groups excluding carboxylic acids is 1. The first kappa shape index (κ1) is 26.3. The Morgan fingerprint density at radius 3 is 2.66 bits per heavy atom. The van der Waals surface area contributed by atoms with Gasteiger partial charge in [0, 0.05) is 30.8 Å². The maximum Gasteiger partial charge on any atom is 0.277 e. The molecule has 1 heterocycles. The highest BCUT2D eigenvalue weighted by molar-refractivity contribution is 9.10. The van der Waals surface area contributed by atoms with E-state index < -0.39 is 35.8 Å². The van der Waals surface area contributed by atoms with Crippen molar-refractivity contribution in [1.29, 1.82) is 0 Å². The Labute approximate surface area is 207 Å². The van der Waals surface area contributed by atoms with E-state index >= 15 is 0 Å². The summed E-state index contributed by atoms with van der Waals surface area (Å²) < 4.78 is 33.8. The van der Waals surface area contributed by atoms with Gasteiger partial charge in [-0.3, -0.25) is 9.59 Å². The number of aromatic nitrogens is 2. The maximum atomic E-state index is 13.9. The van der Waals surface area contributed by atoms with E-state index in [0.29, 0.717) is 11.3 Å². The average molecular weight is 553 g/mol. The summed E-state index contributed by atoms with van der Waals surface area (Å²) in [5.74, 6) is -2.04. The van der Waals surface area contributed by atoms with Gasteiger partial charge in [-0.25, -0.2) is 13.3 Å². The maximum absolute atomic E-state index is 13.9. The molecule has 35 heavy (non-hydrogen) atoms. The molecule has 1 amide bonds. The minimum Gasteiger partial charge on any atom is -0.472 e. The van der Waals surface area contributed by atoms with Crippen LogP contribution >= 0.6 is 15.9 Å². The highest BCUT2D eigenvalue weighted by Crippen LogP contribution is 2.26. The largest absolute Gasteiger partial charge is 0.472 e. The Balaban J connectivity index is 1.96. The van der Waals surface area contributed by atoms with Gasteiger partial charge in [0.05, 0.1) is 18.4 Å².